The number of nitrogens with zero attached hydrogens (tertiary/aromatic N) is 2. The zero-order chi connectivity index (χ0) is 25.5. The lowest BCUT2D eigenvalue weighted by atomic mass is 10.1. The summed E-state index contributed by atoms with van der Waals surface area (Å²) >= 11 is 12.2. The number of nitrogen functional groups attached to an aromatic ring is 1. The van der Waals surface area contributed by atoms with Crippen molar-refractivity contribution in [2.45, 2.75) is 12.5 Å². The Morgan fingerprint density at radius 2 is 1.83 bits per heavy atom. The Hall–Kier alpha value is -2.62. The molecule has 192 valence electrons. The van der Waals surface area contributed by atoms with Gasteiger partial charge >= 0.3 is 0 Å². The molecule has 4 rings (SSSR count). The second-order valence-corrected chi connectivity index (χ2v) is 9.21. The van der Waals surface area contributed by atoms with Crippen LogP contribution in [0.15, 0.2) is 48.7 Å². The van der Waals surface area contributed by atoms with E-state index in [1.807, 2.05) is 24.3 Å². The van der Waals surface area contributed by atoms with E-state index in [1.54, 1.807) is 12.3 Å². The Kier molecular flexibility index (Phi) is 9.23. The van der Waals surface area contributed by atoms with Crippen molar-refractivity contribution in [2.24, 2.45) is 0 Å². The van der Waals surface area contributed by atoms with E-state index in [2.05, 4.69) is 9.88 Å². The van der Waals surface area contributed by atoms with Gasteiger partial charge in [-0.2, -0.15) is 0 Å². The van der Waals surface area contributed by atoms with Gasteiger partial charge in [0.15, 0.2) is 11.6 Å². The van der Waals surface area contributed by atoms with Crippen LogP contribution >= 0.6 is 23.2 Å². The second-order valence-electron chi connectivity index (χ2n) is 8.43. The van der Waals surface area contributed by atoms with Crippen LogP contribution in [0, 0.1) is 5.82 Å². The normalized spacial score (nSPS) is 15.0. The van der Waals surface area contributed by atoms with Crippen molar-refractivity contribution < 1.29 is 23.7 Å². The predicted molar refractivity (Wildman–Crippen MR) is 138 cm³/mol. The van der Waals surface area contributed by atoms with E-state index in [0.717, 1.165) is 24.2 Å². The highest BCUT2D eigenvalue weighted by molar-refractivity contribution is 6.36. The van der Waals surface area contributed by atoms with Crippen LogP contribution in [0.25, 0.3) is 11.1 Å². The maximum atomic E-state index is 13.7. The molecule has 0 radical (unpaired) electrons. The van der Waals surface area contributed by atoms with Gasteiger partial charge in [0.2, 0.25) is 0 Å². The summed E-state index contributed by atoms with van der Waals surface area (Å²) in [6, 6.07) is 11.9. The van der Waals surface area contributed by atoms with Gasteiger partial charge < -0.3 is 25.1 Å². The molecule has 3 N–H and O–H groups in total. The zero-order valence-corrected chi connectivity index (χ0v) is 21.1. The van der Waals surface area contributed by atoms with Crippen LogP contribution in [0.1, 0.15) is 5.56 Å². The number of aliphatic hydroxyl groups excluding tert-OH is 1. The number of ether oxygens (including phenoxy) is 3. The molecular formula is C26H28Cl2FN3O4. The molecule has 1 atom stereocenters. The molecule has 0 amide bonds. The van der Waals surface area contributed by atoms with E-state index in [-0.39, 0.29) is 24.1 Å². The maximum Gasteiger partial charge on any atom is 0.166 e. The molecule has 0 bridgehead atoms. The summed E-state index contributed by atoms with van der Waals surface area (Å²) in [5.74, 6) is 0.772. The van der Waals surface area contributed by atoms with E-state index in [0.29, 0.717) is 48.3 Å². The molecule has 36 heavy (non-hydrogen) atoms. The van der Waals surface area contributed by atoms with Crippen molar-refractivity contribution in [2.75, 3.05) is 51.8 Å². The van der Waals surface area contributed by atoms with Crippen LogP contribution in [-0.4, -0.2) is 67.2 Å². The highest BCUT2D eigenvalue weighted by Crippen LogP contribution is 2.30. The molecule has 1 aromatic heterocycles. The van der Waals surface area contributed by atoms with Crippen molar-refractivity contribution in [3.63, 3.8) is 0 Å². The fraction of sp³-hybridized carbons (Fsp3) is 0.346. The Labute approximate surface area is 219 Å². The number of benzene rings is 2. The number of pyridine rings is 1. The number of halogens is 3. The monoisotopic (exact) mass is 535 g/mol. The quantitative estimate of drug-likeness (QED) is 0.370. The molecule has 1 fully saturated rings. The summed E-state index contributed by atoms with van der Waals surface area (Å²) in [6.45, 7) is 3.97. The molecule has 3 aromatic rings. The first kappa shape index (κ1) is 26.4. The lowest BCUT2D eigenvalue weighted by Crippen LogP contribution is -2.42. The Morgan fingerprint density at radius 3 is 2.58 bits per heavy atom. The minimum atomic E-state index is -0.582. The number of anilines is 1. The number of aromatic nitrogens is 1. The van der Waals surface area contributed by atoms with Crippen LogP contribution in [-0.2, 0) is 11.2 Å². The first-order valence-corrected chi connectivity index (χ1v) is 12.4. The number of nitrogens with two attached hydrogens (primary N) is 1. The van der Waals surface area contributed by atoms with Gasteiger partial charge in [0.05, 0.1) is 24.8 Å². The third kappa shape index (κ3) is 6.99. The number of morpholine rings is 1. The van der Waals surface area contributed by atoms with Crippen LogP contribution < -0.4 is 15.2 Å². The van der Waals surface area contributed by atoms with E-state index in [9.17, 15) is 9.50 Å². The van der Waals surface area contributed by atoms with Crippen LogP contribution in [0.5, 0.6) is 11.5 Å². The molecule has 0 aliphatic carbocycles. The van der Waals surface area contributed by atoms with E-state index >= 15 is 0 Å². The van der Waals surface area contributed by atoms with Crippen LogP contribution in [0.3, 0.4) is 0 Å². The molecule has 2 heterocycles. The molecule has 1 aliphatic heterocycles. The number of hydrogen-bond donors (Lipinski definition) is 2. The van der Waals surface area contributed by atoms with Crippen molar-refractivity contribution in [3.8, 4) is 22.6 Å². The summed E-state index contributed by atoms with van der Waals surface area (Å²) in [6.07, 6.45) is 1.38. The van der Waals surface area contributed by atoms with Gasteiger partial charge in [0, 0.05) is 42.8 Å². The number of rotatable bonds is 10. The average Bonchev–Trinajstić information content (AvgIpc) is 2.89. The summed E-state index contributed by atoms with van der Waals surface area (Å²) in [7, 11) is 0. The smallest absolute Gasteiger partial charge is 0.166 e. The Bertz CT molecular complexity index is 1160. The Morgan fingerprint density at radius 1 is 1.08 bits per heavy atom. The van der Waals surface area contributed by atoms with E-state index < -0.39 is 11.9 Å². The first-order valence-electron chi connectivity index (χ1n) is 11.6. The van der Waals surface area contributed by atoms with Crippen LogP contribution in [0.4, 0.5) is 10.2 Å². The molecule has 1 saturated heterocycles. The molecule has 7 nitrogen and oxygen atoms in total. The lowest BCUT2D eigenvalue weighted by Gasteiger charge is -2.28. The maximum absolute atomic E-state index is 13.7. The van der Waals surface area contributed by atoms with Gasteiger partial charge in [0.25, 0.3) is 0 Å². The summed E-state index contributed by atoms with van der Waals surface area (Å²) in [5.41, 5.74) is 8.16. The van der Waals surface area contributed by atoms with Crippen molar-refractivity contribution in [3.05, 3.63) is 70.1 Å². The molecule has 1 aliphatic rings. The average molecular weight is 536 g/mol. The van der Waals surface area contributed by atoms with Gasteiger partial charge in [-0.05, 0) is 41.5 Å². The van der Waals surface area contributed by atoms with Gasteiger partial charge in [-0.25, -0.2) is 9.37 Å². The number of hydrogen-bond acceptors (Lipinski definition) is 7. The highest BCUT2D eigenvalue weighted by atomic mass is 35.5. The number of β-amino-alcohol motifs (C(OH)–C–C–N with tert-alkyl or cyclic N) is 1. The molecule has 0 spiro atoms. The number of aliphatic hydroxyl groups is 1. The minimum absolute atomic E-state index is 0.0122. The highest BCUT2D eigenvalue weighted by Gasteiger charge is 2.16. The third-order valence-corrected chi connectivity index (χ3v) is 6.60. The zero-order valence-electron chi connectivity index (χ0n) is 19.6. The second kappa shape index (κ2) is 12.6. The minimum Gasteiger partial charge on any atom is -0.491 e. The summed E-state index contributed by atoms with van der Waals surface area (Å²) in [4.78, 5) is 6.39. The molecule has 10 heteroatoms. The van der Waals surface area contributed by atoms with Gasteiger partial charge in [-0.1, -0.05) is 35.3 Å². The van der Waals surface area contributed by atoms with Crippen molar-refractivity contribution in [1.82, 2.24) is 9.88 Å². The van der Waals surface area contributed by atoms with Crippen molar-refractivity contribution >= 4 is 29.0 Å². The topological polar surface area (TPSA) is 90.1 Å². The largest absolute Gasteiger partial charge is 0.491 e. The molecular weight excluding hydrogens is 508 g/mol. The molecule has 1 unspecified atom stereocenters. The predicted octanol–water partition coefficient (Wildman–Crippen LogP) is 4.47. The first-order chi connectivity index (χ1) is 17.4. The fourth-order valence-corrected chi connectivity index (χ4v) is 4.42. The fourth-order valence-electron chi connectivity index (χ4n) is 3.86. The summed E-state index contributed by atoms with van der Waals surface area (Å²) < 4.78 is 30.6. The summed E-state index contributed by atoms with van der Waals surface area (Å²) in [5, 5.41) is 10.6. The van der Waals surface area contributed by atoms with Crippen LogP contribution in [0.2, 0.25) is 10.0 Å². The van der Waals surface area contributed by atoms with Gasteiger partial charge in [-0.3, -0.25) is 4.90 Å². The third-order valence-electron chi connectivity index (χ3n) is 5.83. The lowest BCUT2D eigenvalue weighted by molar-refractivity contribution is 0.00465. The van der Waals surface area contributed by atoms with E-state index in [1.165, 1.54) is 12.1 Å². The molecule has 2 aromatic carbocycles. The Balaban J connectivity index is 1.33. The van der Waals surface area contributed by atoms with Crippen molar-refractivity contribution in [1.29, 1.82) is 0 Å². The SMILES string of the molecule is Nc1ncc(-c2ccc(OCC(O)CN3CCOCC3)cc2)cc1OCCc1c(Cl)ccc(F)c1Cl. The van der Waals surface area contributed by atoms with E-state index in [4.69, 9.17) is 43.1 Å². The van der Waals surface area contributed by atoms with Gasteiger partial charge in [0.1, 0.15) is 24.3 Å². The van der Waals surface area contributed by atoms with Gasteiger partial charge in [-0.15, -0.1) is 0 Å². The molecule has 0 saturated carbocycles. The standard InChI is InChI=1S/C26H28Cl2FN3O4/c27-22-5-6-23(29)25(28)21(22)7-10-35-24-13-18(14-31-26(24)30)17-1-3-20(4-2-17)36-16-19(33)15-32-8-11-34-12-9-32/h1-6,13-14,19,33H,7-12,15-16H2,(H2,30,31).